The van der Waals surface area contributed by atoms with Gasteiger partial charge in [-0.2, -0.15) is 0 Å². The molecule has 1 aliphatic rings. The zero-order valence-electron chi connectivity index (χ0n) is 19.7. The number of carbonyl (C=O) groups is 3. The molecular weight excluding hydrogens is 452 g/mol. The third-order valence-corrected chi connectivity index (χ3v) is 6.65. The van der Waals surface area contributed by atoms with Gasteiger partial charge in [-0.05, 0) is 36.6 Å². The molecule has 1 fully saturated rings. The van der Waals surface area contributed by atoms with E-state index in [4.69, 9.17) is 11.6 Å². The van der Waals surface area contributed by atoms with Crippen molar-refractivity contribution in [2.75, 3.05) is 33.7 Å². The molecule has 3 aromatic rings. The van der Waals surface area contributed by atoms with Crippen molar-refractivity contribution in [2.45, 2.75) is 13.0 Å². The first-order chi connectivity index (χ1) is 16.2. The molecule has 4 rings (SSSR count). The maximum absolute atomic E-state index is 13.0. The maximum atomic E-state index is 13.0. The quantitative estimate of drug-likeness (QED) is 0.415. The predicted octanol–water partition coefficient (Wildman–Crippen LogP) is 3.35. The normalized spacial score (nSPS) is 16.1. The number of likely N-dealkylation sites (N-methyl/N-ethyl adjacent to an activating group) is 1. The Labute approximate surface area is 204 Å². The molecule has 178 valence electrons. The summed E-state index contributed by atoms with van der Waals surface area (Å²) in [6, 6.07) is 13.6. The summed E-state index contributed by atoms with van der Waals surface area (Å²) >= 11 is 6.44. The van der Waals surface area contributed by atoms with Crippen molar-refractivity contribution in [3.8, 4) is 0 Å². The van der Waals surface area contributed by atoms with Gasteiger partial charge in [0.15, 0.2) is 0 Å². The van der Waals surface area contributed by atoms with E-state index in [-0.39, 0.29) is 11.5 Å². The highest BCUT2D eigenvalue weighted by Crippen LogP contribution is 2.28. The summed E-state index contributed by atoms with van der Waals surface area (Å²) in [5, 5.41) is 3.85. The van der Waals surface area contributed by atoms with Gasteiger partial charge in [0.2, 0.25) is 0 Å². The first kappa shape index (κ1) is 24.0. The minimum Gasteiger partial charge on any atom is -0.352 e. The number of likely N-dealkylation sites (tertiary alicyclic amines) is 1. The van der Waals surface area contributed by atoms with Crippen molar-refractivity contribution in [3.63, 3.8) is 0 Å². The second kappa shape index (κ2) is 9.99. The number of aromatic nitrogens is 1. The van der Waals surface area contributed by atoms with Crippen LogP contribution in [-0.2, 0) is 18.4 Å². The first-order valence-electron chi connectivity index (χ1n) is 11.3. The fraction of sp³-hybridized carbons (Fsp3) is 0.346. The lowest BCUT2D eigenvalue weighted by molar-refractivity contribution is -0.124. The third kappa shape index (κ3) is 5.00. The highest BCUT2D eigenvalue weighted by molar-refractivity contribution is 6.45. The van der Waals surface area contributed by atoms with E-state index < -0.39 is 11.7 Å². The Kier molecular flexibility index (Phi) is 7.05. The second-order valence-electron chi connectivity index (χ2n) is 9.12. The number of carbonyl (C=O) groups excluding carboxylic acids is 3. The van der Waals surface area contributed by atoms with Gasteiger partial charge in [-0.25, -0.2) is 0 Å². The number of aryl methyl sites for hydroxylation is 1. The number of nitrogens with zero attached hydrogens (tertiary/aromatic N) is 3. The Morgan fingerprint density at radius 2 is 1.85 bits per heavy atom. The molecule has 0 radical (unpaired) electrons. The summed E-state index contributed by atoms with van der Waals surface area (Å²) in [6.07, 6.45) is 2.62. The molecule has 1 unspecified atom stereocenters. The van der Waals surface area contributed by atoms with Gasteiger partial charge in [0.25, 0.3) is 17.6 Å². The minimum absolute atomic E-state index is 0.259. The fourth-order valence-corrected chi connectivity index (χ4v) is 4.72. The van der Waals surface area contributed by atoms with Gasteiger partial charge in [0.05, 0.1) is 21.7 Å². The minimum atomic E-state index is -0.617. The number of rotatable bonds is 7. The number of nitrogens with one attached hydrogen (secondary N) is 1. The zero-order valence-corrected chi connectivity index (χ0v) is 20.4. The standard InChI is InChI=1S/C26H29ClN4O3/c1-29(2)26(34)24(32)21-16-30(3)23-12-22(27)20(11-19(21)23)25(33)28-13-18-9-10-31(15-18)14-17-7-5-4-6-8-17/h4-8,11-12,16,18H,9-10,13-15H2,1-3H3,(H,28,33). The molecule has 2 heterocycles. The van der Waals surface area contributed by atoms with E-state index in [1.54, 1.807) is 29.9 Å². The van der Waals surface area contributed by atoms with Crippen molar-refractivity contribution in [1.29, 1.82) is 0 Å². The summed E-state index contributed by atoms with van der Waals surface area (Å²) in [5.74, 6) is -1.15. The monoisotopic (exact) mass is 480 g/mol. The molecule has 0 spiro atoms. The van der Waals surface area contributed by atoms with Crippen LogP contribution in [0.25, 0.3) is 10.9 Å². The Morgan fingerprint density at radius 1 is 1.12 bits per heavy atom. The number of fused-ring (bicyclic) bond motifs is 1. The van der Waals surface area contributed by atoms with Crippen LogP contribution >= 0.6 is 11.6 Å². The Morgan fingerprint density at radius 3 is 2.56 bits per heavy atom. The first-order valence-corrected chi connectivity index (χ1v) is 11.7. The number of Topliss-reactive ketones (excluding diaryl/α,β-unsaturated/α-hetero) is 1. The fourth-order valence-electron chi connectivity index (χ4n) is 4.47. The molecule has 2 aromatic carbocycles. The Hall–Kier alpha value is -3.16. The van der Waals surface area contributed by atoms with E-state index in [2.05, 4.69) is 22.3 Å². The third-order valence-electron chi connectivity index (χ3n) is 6.34. The number of hydrogen-bond acceptors (Lipinski definition) is 4. The lowest BCUT2D eigenvalue weighted by atomic mass is 10.0. The van der Waals surface area contributed by atoms with E-state index in [1.807, 2.05) is 18.2 Å². The van der Waals surface area contributed by atoms with Gasteiger partial charge in [0.1, 0.15) is 0 Å². The molecule has 1 saturated heterocycles. The molecular formula is C26H29ClN4O3. The summed E-state index contributed by atoms with van der Waals surface area (Å²) in [4.78, 5) is 41.6. The van der Waals surface area contributed by atoms with E-state index in [0.717, 1.165) is 26.1 Å². The average molecular weight is 481 g/mol. The number of ketones is 1. The van der Waals surface area contributed by atoms with Crippen molar-refractivity contribution in [3.05, 3.63) is 70.4 Å². The van der Waals surface area contributed by atoms with Crippen LogP contribution in [0.4, 0.5) is 0 Å². The highest BCUT2D eigenvalue weighted by atomic mass is 35.5. The summed E-state index contributed by atoms with van der Waals surface area (Å²) < 4.78 is 1.74. The van der Waals surface area contributed by atoms with Crippen LogP contribution in [0, 0.1) is 5.92 Å². The molecule has 2 amide bonds. The topological polar surface area (TPSA) is 74.6 Å². The van der Waals surface area contributed by atoms with Crippen molar-refractivity contribution < 1.29 is 14.4 Å². The van der Waals surface area contributed by atoms with Gasteiger partial charge < -0.3 is 14.8 Å². The van der Waals surface area contributed by atoms with E-state index >= 15 is 0 Å². The van der Waals surface area contributed by atoms with Gasteiger partial charge in [-0.15, -0.1) is 0 Å². The smallest absolute Gasteiger partial charge is 0.294 e. The average Bonchev–Trinajstić information content (AvgIpc) is 3.40. The highest BCUT2D eigenvalue weighted by Gasteiger charge is 2.26. The zero-order chi connectivity index (χ0) is 24.4. The van der Waals surface area contributed by atoms with E-state index in [1.165, 1.54) is 24.6 Å². The Bertz CT molecular complexity index is 1240. The molecule has 1 aliphatic heterocycles. The van der Waals surface area contributed by atoms with Gasteiger partial charge in [0, 0.05) is 52.4 Å². The number of amides is 2. The van der Waals surface area contributed by atoms with Gasteiger partial charge >= 0.3 is 0 Å². The van der Waals surface area contributed by atoms with Crippen LogP contribution in [-0.4, -0.2) is 65.7 Å². The SMILES string of the molecule is CN(C)C(=O)C(=O)c1cn(C)c2cc(Cl)c(C(=O)NCC3CCN(Cc4ccccc4)C3)cc12. The molecule has 1 atom stereocenters. The van der Waals surface area contributed by atoms with Crippen LogP contribution in [0.2, 0.25) is 5.02 Å². The van der Waals surface area contributed by atoms with Crippen molar-refractivity contribution in [2.24, 2.45) is 13.0 Å². The molecule has 8 heteroatoms. The van der Waals surface area contributed by atoms with Crippen molar-refractivity contribution in [1.82, 2.24) is 19.7 Å². The van der Waals surface area contributed by atoms with Gasteiger partial charge in [-0.3, -0.25) is 19.3 Å². The predicted molar refractivity (Wildman–Crippen MR) is 133 cm³/mol. The lowest BCUT2D eigenvalue weighted by Gasteiger charge is -2.16. The number of halogens is 1. The van der Waals surface area contributed by atoms with Gasteiger partial charge in [-0.1, -0.05) is 41.9 Å². The molecule has 0 saturated carbocycles. The summed E-state index contributed by atoms with van der Waals surface area (Å²) in [6.45, 7) is 3.38. The molecule has 34 heavy (non-hydrogen) atoms. The second-order valence-corrected chi connectivity index (χ2v) is 9.52. The van der Waals surface area contributed by atoms with E-state index in [9.17, 15) is 14.4 Å². The van der Waals surface area contributed by atoms with E-state index in [0.29, 0.717) is 34.0 Å². The van der Waals surface area contributed by atoms with Crippen LogP contribution in [0.1, 0.15) is 32.7 Å². The molecule has 1 aromatic heterocycles. The largest absolute Gasteiger partial charge is 0.352 e. The number of benzene rings is 2. The molecule has 0 aliphatic carbocycles. The van der Waals surface area contributed by atoms with Crippen LogP contribution in [0.3, 0.4) is 0 Å². The van der Waals surface area contributed by atoms with Crippen molar-refractivity contribution >= 4 is 40.1 Å². The van der Waals surface area contributed by atoms with Crippen LogP contribution < -0.4 is 5.32 Å². The molecule has 0 bridgehead atoms. The summed E-state index contributed by atoms with van der Waals surface area (Å²) in [7, 11) is 4.84. The molecule has 1 N–H and O–H groups in total. The molecule has 7 nitrogen and oxygen atoms in total. The van der Waals surface area contributed by atoms with Crippen LogP contribution in [0.5, 0.6) is 0 Å². The number of hydrogen-bond donors (Lipinski definition) is 1. The lowest BCUT2D eigenvalue weighted by Crippen LogP contribution is -2.31. The Balaban J connectivity index is 1.45. The van der Waals surface area contributed by atoms with Crippen LogP contribution in [0.15, 0.2) is 48.7 Å². The summed E-state index contributed by atoms with van der Waals surface area (Å²) in [5.41, 5.74) is 2.53. The maximum Gasteiger partial charge on any atom is 0.294 e.